The SMILES string of the molecule is CCCCCCCC/C=C\CCCCCCCC(=O)OCCCCCCCCCCCCCCCCCCCCCCCCC(=O)NC(CO)C(O)/C=C/CCCCCCCCCCCCC. The molecule has 0 bridgehead atoms. The summed E-state index contributed by atoms with van der Waals surface area (Å²) < 4.78 is 5.48. The molecule has 0 aliphatic heterocycles. The topological polar surface area (TPSA) is 95.9 Å². The molecule has 3 N–H and O–H groups in total. The number of unbranched alkanes of at least 4 members (excludes halogenated alkanes) is 43. The molecule has 1 amide bonds. The summed E-state index contributed by atoms with van der Waals surface area (Å²) in [5.41, 5.74) is 0. The van der Waals surface area contributed by atoms with E-state index >= 15 is 0 Å². The number of rotatable bonds is 56. The first-order valence-corrected chi connectivity index (χ1v) is 30.1. The van der Waals surface area contributed by atoms with Crippen molar-refractivity contribution in [3.05, 3.63) is 24.3 Å². The normalized spacial score (nSPS) is 12.7. The molecular weight excluding hydrogens is 827 g/mol. The summed E-state index contributed by atoms with van der Waals surface area (Å²) in [5, 5.41) is 23.1. The number of amides is 1. The summed E-state index contributed by atoms with van der Waals surface area (Å²) in [7, 11) is 0. The van der Waals surface area contributed by atoms with Crippen LogP contribution in [0.2, 0.25) is 0 Å². The molecule has 0 fully saturated rings. The zero-order valence-corrected chi connectivity index (χ0v) is 45.1. The van der Waals surface area contributed by atoms with Gasteiger partial charge in [-0.3, -0.25) is 9.59 Å². The van der Waals surface area contributed by atoms with Gasteiger partial charge in [-0.2, -0.15) is 0 Å². The minimum absolute atomic E-state index is 0.00491. The maximum absolute atomic E-state index is 12.4. The van der Waals surface area contributed by atoms with E-state index in [9.17, 15) is 19.8 Å². The van der Waals surface area contributed by atoms with E-state index in [0.29, 0.717) is 19.4 Å². The molecule has 0 spiro atoms. The van der Waals surface area contributed by atoms with Crippen LogP contribution < -0.4 is 5.32 Å². The fourth-order valence-electron chi connectivity index (χ4n) is 9.34. The number of nitrogens with one attached hydrogen (secondary N) is 1. The van der Waals surface area contributed by atoms with Gasteiger partial charge in [-0.25, -0.2) is 0 Å². The van der Waals surface area contributed by atoms with Crippen molar-refractivity contribution < 1.29 is 24.5 Å². The Bertz CT molecular complexity index is 1040. The fourth-order valence-corrected chi connectivity index (χ4v) is 9.34. The van der Waals surface area contributed by atoms with Crippen molar-refractivity contribution in [3.63, 3.8) is 0 Å². The van der Waals surface area contributed by atoms with Crippen LogP contribution in [0.15, 0.2) is 24.3 Å². The van der Waals surface area contributed by atoms with Crippen LogP contribution in [-0.4, -0.2) is 47.4 Å². The van der Waals surface area contributed by atoms with E-state index in [1.807, 2.05) is 6.08 Å². The molecule has 0 aliphatic rings. The molecule has 0 heterocycles. The van der Waals surface area contributed by atoms with Crippen LogP contribution >= 0.6 is 0 Å². The van der Waals surface area contributed by atoms with Gasteiger partial charge >= 0.3 is 5.97 Å². The standard InChI is InChI=1S/C61H117NO5/c1-3-5-7-9-11-13-15-17-26-31-35-39-43-47-51-55-61(66)67-56-52-48-44-40-36-32-28-25-23-21-19-18-20-22-24-27-30-34-38-42-46-50-54-60(65)62-58(57-63)59(64)53-49-45-41-37-33-29-16-14-12-10-8-6-4-2/h17,26,49,53,58-59,63-64H,3-16,18-25,27-48,50-52,54-57H2,1-2H3,(H,62,65)/b26-17-,53-49+. The van der Waals surface area contributed by atoms with Gasteiger partial charge in [0.05, 0.1) is 25.4 Å². The van der Waals surface area contributed by atoms with E-state index in [-0.39, 0.29) is 18.5 Å². The van der Waals surface area contributed by atoms with Crippen LogP contribution in [-0.2, 0) is 14.3 Å². The number of aliphatic hydroxyl groups is 2. The maximum Gasteiger partial charge on any atom is 0.305 e. The number of allylic oxidation sites excluding steroid dienone is 3. The number of ether oxygens (including phenoxy) is 1. The molecule has 0 aromatic carbocycles. The molecule has 0 saturated carbocycles. The van der Waals surface area contributed by atoms with Gasteiger partial charge < -0.3 is 20.3 Å². The molecule has 6 heteroatoms. The first-order chi connectivity index (χ1) is 33.0. The molecule has 0 radical (unpaired) electrons. The first kappa shape index (κ1) is 65.3. The Morgan fingerprint density at radius 2 is 0.701 bits per heavy atom. The van der Waals surface area contributed by atoms with Gasteiger partial charge in [0, 0.05) is 12.8 Å². The highest BCUT2D eigenvalue weighted by molar-refractivity contribution is 5.76. The van der Waals surface area contributed by atoms with Gasteiger partial charge in [-0.05, 0) is 57.8 Å². The number of hydrogen-bond donors (Lipinski definition) is 3. The molecule has 0 aliphatic carbocycles. The first-order valence-electron chi connectivity index (χ1n) is 30.1. The van der Waals surface area contributed by atoms with Gasteiger partial charge in [0.1, 0.15) is 0 Å². The smallest absolute Gasteiger partial charge is 0.305 e. The largest absolute Gasteiger partial charge is 0.466 e. The minimum atomic E-state index is -0.843. The number of carbonyl (C=O) groups is 2. The minimum Gasteiger partial charge on any atom is -0.466 e. The van der Waals surface area contributed by atoms with Gasteiger partial charge in [0.15, 0.2) is 0 Å². The molecule has 2 atom stereocenters. The van der Waals surface area contributed by atoms with Crippen LogP contribution in [0.1, 0.15) is 328 Å². The van der Waals surface area contributed by atoms with Gasteiger partial charge in [0.25, 0.3) is 0 Å². The summed E-state index contributed by atoms with van der Waals surface area (Å²) in [6.45, 7) is 4.90. The third-order valence-corrected chi connectivity index (χ3v) is 14.0. The van der Waals surface area contributed by atoms with E-state index in [2.05, 4.69) is 31.3 Å². The monoisotopic (exact) mass is 944 g/mol. The summed E-state index contributed by atoms with van der Waals surface area (Å²) in [5.74, 6) is -0.0627. The Balaban J connectivity index is 3.39. The predicted octanol–water partition coefficient (Wildman–Crippen LogP) is 18.6. The zero-order valence-electron chi connectivity index (χ0n) is 45.1. The van der Waals surface area contributed by atoms with Crippen LogP contribution in [0.4, 0.5) is 0 Å². The van der Waals surface area contributed by atoms with Crippen molar-refractivity contribution in [2.45, 2.75) is 341 Å². The lowest BCUT2D eigenvalue weighted by Gasteiger charge is -2.20. The second-order valence-electron chi connectivity index (χ2n) is 20.7. The molecule has 67 heavy (non-hydrogen) atoms. The van der Waals surface area contributed by atoms with E-state index in [0.717, 1.165) is 44.9 Å². The summed E-state index contributed by atoms with van der Waals surface area (Å²) >= 11 is 0. The maximum atomic E-state index is 12.4. The van der Waals surface area contributed by atoms with Crippen LogP contribution in [0.25, 0.3) is 0 Å². The quantitative estimate of drug-likeness (QED) is 0.0321. The lowest BCUT2D eigenvalue weighted by molar-refractivity contribution is -0.143. The van der Waals surface area contributed by atoms with Crippen molar-refractivity contribution in [1.29, 1.82) is 0 Å². The average Bonchev–Trinajstić information content (AvgIpc) is 3.33. The average molecular weight is 945 g/mol. The van der Waals surface area contributed by atoms with Crippen molar-refractivity contribution in [2.24, 2.45) is 0 Å². The Labute approximate surface area is 418 Å². The Kier molecular flexibility index (Phi) is 55.5. The Hall–Kier alpha value is -1.66. The van der Waals surface area contributed by atoms with Crippen molar-refractivity contribution in [3.8, 4) is 0 Å². The fraction of sp³-hybridized carbons (Fsp3) is 0.902. The molecule has 0 aromatic rings. The van der Waals surface area contributed by atoms with E-state index < -0.39 is 12.1 Å². The van der Waals surface area contributed by atoms with Gasteiger partial charge in [-0.15, -0.1) is 0 Å². The Morgan fingerprint density at radius 3 is 1.06 bits per heavy atom. The molecule has 6 nitrogen and oxygen atoms in total. The molecule has 0 saturated heterocycles. The molecule has 0 aromatic heterocycles. The number of esters is 1. The number of carbonyl (C=O) groups excluding carboxylic acids is 2. The van der Waals surface area contributed by atoms with Gasteiger partial charge in [0.2, 0.25) is 5.91 Å². The lowest BCUT2D eigenvalue weighted by atomic mass is 10.0. The van der Waals surface area contributed by atoms with Crippen molar-refractivity contribution in [1.82, 2.24) is 5.32 Å². The molecular formula is C61H117NO5. The molecule has 2 unspecified atom stereocenters. The van der Waals surface area contributed by atoms with E-state index in [1.165, 1.54) is 257 Å². The van der Waals surface area contributed by atoms with E-state index in [4.69, 9.17) is 4.74 Å². The third-order valence-electron chi connectivity index (χ3n) is 14.0. The van der Waals surface area contributed by atoms with Crippen molar-refractivity contribution >= 4 is 11.9 Å². The summed E-state index contributed by atoms with van der Waals surface area (Å²) in [6, 6.07) is -0.627. The van der Waals surface area contributed by atoms with E-state index in [1.54, 1.807) is 6.08 Å². The second kappa shape index (κ2) is 56.9. The molecule has 396 valence electrons. The summed E-state index contributed by atoms with van der Waals surface area (Å²) in [6.07, 6.45) is 69.2. The second-order valence-corrected chi connectivity index (χ2v) is 20.7. The third kappa shape index (κ3) is 53.5. The van der Waals surface area contributed by atoms with Gasteiger partial charge in [-0.1, -0.05) is 282 Å². The Morgan fingerprint density at radius 1 is 0.403 bits per heavy atom. The van der Waals surface area contributed by atoms with Crippen molar-refractivity contribution in [2.75, 3.05) is 13.2 Å². The number of aliphatic hydroxyl groups excluding tert-OH is 2. The number of hydrogen-bond acceptors (Lipinski definition) is 5. The van der Waals surface area contributed by atoms with Crippen LogP contribution in [0, 0.1) is 0 Å². The molecule has 0 rings (SSSR count). The summed E-state index contributed by atoms with van der Waals surface area (Å²) in [4.78, 5) is 24.5. The highest BCUT2D eigenvalue weighted by Gasteiger charge is 2.18. The predicted molar refractivity (Wildman–Crippen MR) is 292 cm³/mol. The van der Waals surface area contributed by atoms with Crippen LogP contribution in [0.5, 0.6) is 0 Å². The highest BCUT2D eigenvalue weighted by atomic mass is 16.5. The van der Waals surface area contributed by atoms with Crippen LogP contribution in [0.3, 0.4) is 0 Å². The zero-order chi connectivity index (χ0) is 48.6. The highest BCUT2D eigenvalue weighted by Crippen LogP contribution is 2.17. The lowest BCUT2D eigenvalue weighted by Crippen LogP contribution is -2.45.